The highest BCUT2D eigenvalue weighted by atomic mass is 127. The molecule has 0 aliphatic rings. The molecule has 0 saturated carbocycles. The van der Waals surface area contributed by atoms with E-state index in [2.05, 4.69) is 44.5 Å². The van der Waals surface area contributed by atoms with E-state index >= 15 is 0 Å². The number of hydrogen-bond acceptors (Lipinski definition) is 4. The average molecular weight is 417 g/mol. The van der Waals surface area contributed by atoms with Crippen molar-refractivity contribution >= 4 is 44.1 Å². The minimum absolute atomic E-state index is 0.142. The fourth-order valence-electron chi connectivity index (χ4n) is 1.66. The van der Waals surface area contributed by atoms with E-state index in [0.717, 1.165) is 16.5 Å². The second-order valence-electron chi connectivity index (χ2n) is 4.42. The molecular formula is C14H16IN3O2S. The predicted octanol–water partition coefficient (Wildman–Crippen LogP) is 3.31. The minimum atomic E-state index is -3.61. The molecule has 2 N–H and O–H groups in total. The predicted molar refractivity (Wildman–Crippen MR) is 93.0 cm³/mol. The second-order valence-corrected chi connectivity index (χ2v) is 7.35. The maximum Gasteiger partial charge on any atom is 0.263 e. The first-order valence-corrected chi connectivity index (χ1v) is 9.06. The van der Waals surface area contributed by atoms with E-state index in [1.54, 1.807) is 30.3 Å². The Morgan fingerprint density at radius 3 is 2.67 bits per heavy atom. The Hall–Kier alpha value is -1.35. The maximum atomic E-state index is 12.3. The third-order valence-corrected chi connectivity index (χ3v) is 4.72. The summed E-state index contributed by atoms with van der Waals surface area (Å²) in [4.78, 5) is 4.25. The van der Waals surface area contributed by atoms with Gasteiger partial charge in [-0.1, -0.05) is 13.0 Å². The summed E-state index contributed by atoms with van der Waals surface area (Å²) in [7, 11) is -3.61. The van der Waals surface area contributed by atoms with Crippen LogP contribution in [0.15, 0.2) is 47.5 Å². The molecule has 0 atom stereocenters. The number of nitrogens with one attached hydrogen (secondary N) is 2. The van der Waals surface area contributed by atoms with Crippen LogP contribution >= 0.6 is 22.6 Å². The van der Waals surface area contributed by atoms with Gasteiger partial charge in [0.25, 0.3) is 10.0 Å². The van der Waals surface area contributed by atoms with Crippen LogP contribution < -0.4 is 10.0 Å². The quantitative estimate of drug-likeness (QED) is 0.708. The van der Waals surface area contributed by atoms with Crippen LogP contribution in [-0.4, -0.2) is 19.9 Å². The van der Waals surface area contributed by atoms with Gasteiger partial charge in [0, 0.05) is 22.0 Å². The molecule has 0 unspecified atom stereocenters. The average Bonchev–Trinajstić information content (AvgIpc) is 2.45. The highest BCUT2D eigenvalue weighted by Gasteiger charge is 2.14. The molecule has 21 heavy (non-hydrogen) atoms. The molecule has 0 amide bonds. The summed E-state index contributed by atoms with van der Waals surface area (Å²) in [5.41, 5.74) is 0.537. The Balaban J connectivity index is 2.15. The molecular weight excluding hydrogens is 401 g/mol. The van der Waals surface area contributed by atoms with Crippen molar-refractivity contribution in [2.45, 2.75) is 18.2 Å². The topological polar surface area (TPSA) is 71.1 Å². The monoisotopic (exact) mass is 417 g/mol. The fourth-order valence-corrected chi connectivity index (χ4v) is 3.20. The lowest BCUT2D eigenvalue weighted by atomic mass is 10.3. The number of rotatable bonds is 6. The molecule has 0 aliphatic carbocycles. The SMILES string of the molecule is CCCNc1ccc(S(=O)(=O)Nc2cccc(I)c2)cn1. The third kappa shape index (κ3) is 4.57. The second kappa shape index (κ2) is 7.08. The molecule has 7 heteroatoms. The number of nitrogens with zero attached hydrogens (tertiary/aromatic N) is 1. The third-order valence-electron chi connectivity index (χ3n) is 2.68. The van der Waals surface area contributed by atoms with Crippen LogP contribution in [0.1, 0.15) is 13.3 Å². The Morgan fingerprint density at radius 2 is 2.05 bits per heavy atom. The molecule has 0 spiro atoms. The smallest absolute Gasteiger partial charge is 0.263 e. The van der Waals surface area contributed by atoms with Gasteiger partial charge in [0.2, 0.25) is 0 Å². The number of halogens is 1. The van der Waals surface area contributed by atoms with Crippen LogP contribution in [0.2, 0.25) is 0 Å². The van der Waals surface area contributed by atoms with E-state index < -0.39 is 10.0 Å². The Kier molecular flexibility index (Phi) is 5.40. The molecule has 0 aliphatic heterocycles. The van der Waals surface area contributed by atoms with E-state index in [-0.39, 0.29) is 4.90 Å². The van der Waals surface area contributed by atoms with Crippen molar-refractivity contribution in [1.29, 1.82) is 0 Å². The van der Waals surface area contributed by atoms with Crippen LogP contribution in [0.3, 0.4) is 0 Å². The summed E-state index contributed by atoms with van der Waals surface area (Å²) in [5.74, 6) is 0.671. The van der Waals surface area contributed by atoms with Crippen molar-refractivity contribution in [2.75, 3.05) is 16.6 Å². The largest absolute Gasteiger partial charge is 0.370 e. The summed E-state index contributed by atoms with van der Waals surface area (Å²) in [6.45, 7) is 2.86. The lowest BCUT2D eigenvalue weighted by Crippen LogP contribution is -2.13. The van der Waals surface area contributed by atoms with E-state index in [9.17, 15) is 8.42 Å². The molecule has 0 radical (unpaired) electrons. The van der Waals surface area contributed by atoms with E-state index in [4.69, 9.17) is 0 Å². The van der Waals surface area contributed by atoms with Crippen molar-refractivity contribution < 1.29 is 8.42 Å². The molecule has 0 saturated heterocycles. The van der Waals surface area contributed by atoms with Crippen molar-refractivity contribution in [1.82, 2.24) is 4.98 Å². The molecule has 0 bridgehead atoms. The van der Waals surface area contributed by atoms with E-state index in [1.165, 1.54) is 6.20 Å². The minimum Gasteiger partial charge on any atom is -0.370 e. The molecule has 1 heterocycles. The number of anilines is 2. The summed E-state index contributed by atoms with van der Waals surface area (Å²) >= 11 is 2.13. The van der Waals surface area contributed by atoms with Gasteiger partial charge in [-0.15, -0.1) is 0 Å². The first kappa shape index (κ1) is 16.0. The Morgan fingerprint density at radius 1 is 1.24 bits per heavy atom. The van der Waals surface area contributed by atoms with Gasteiger partial charge in [-0.2, -0.15) is 0 Å². The van der Waals surface area contributed by atoms with Gasteiger partial charge in [0.15, 0.2) is 0 Å². The first-order valence-electron chi connectivity index (χ1n) is 6.49. The van der Waals surface area contributed by atoms with E-state index in [1.807, 2.05) is 6.07 Å². The molecule has 2 rings (SSSR count). The lowest BCUT2D eigenvalue weighted by molar-refractivity contribution is 0.601. The molecule has 2 aromatic rings. The van der Waals surface area contributed by atoms with Crippen LogP contribution in [0, 0.1) is 3.57 Å². The number of hydrogen-bond donors (Lipinski definition) is 2. The van der Waals surface area contributed by atoms with Crippen molar-refractivity contribution in [3.63, 3.8) is 0 Å². The summed E-state index contributed by atoms with van der Waals surface area (Å²) < 4.78 is 28.0. The number of benzene rings is 1. The van der Waals surface area contributed by atoms with Crippen LogP contribution in [0.25, 0.3) is 0 Å². The van der Waals surface area contributed by atoms with Gasteiger partial charge in [-0.25, -0.2) is 13.4 Å². The highest BCUT2D eigenvalue weighted by molar-refractivity contribution is 14.1. The maximum absolute atomic E-state index is 12.3. The summed E-state index contributed by atoms with van der Waals surface area (Å²) in [5, 5.41) is 3.10. The highest BCUT2D eigenvalue weighted by Crippen LogP contribution is 2.18. The van der Waals surface area contributed by atoms with Gasteiger partial charge >= 0.3 is 0 Å². The van der Waals surface area contributed by atoms with Gasteiger partial charge < -0.3 is 5.32 Å². The summed E-state index contributed by atoms with van der Waals surface area (Å²) in [6, 6.07) is 10.4. The van der Waals surface area contributed by atoms with Gasteiger partial charge in [-0.3, -0.25) is 4.72 Å². The lowest BCUT2D eigenvalue weighted by Gasteiger charge is -2.09. The Bertz CT molecular complexity index is 702. The molecule has 1 aromatic carbocycles. The van der Waals surface area contributed by atoms with Crippen molar-refractivity contribution in [3.8, 4) is 0 Å². The summed E-state index contributed by atoms with van der Waals surface area (Å²) in [6.07, 6.45) is 2.34. The molecule has 5 nitrogen and oxygen atoms in total. The number of sulfonamides is 1. The number of aromatic nitrogens is 1. The van der Waals surface area contributed by atoms with Crippen molar-refractivity contribution in [2.24, 2.45) is 0 Å². The normalized spacial score (nSPS) is 11.1. The van der Waals surface area contributed by atoms with Crippen LogP contribution in [0.5, 0.6) is 0 Å². The molecule has 112 valence electrons. The first-order chi connectivity index (χ1) is 10.0. The van der Waals surface area contributed by atoms with Gasteiger partial charge in [-0.05, 0) is 59.3 Å². The zero-order valence-corrected chi connectivity index (χ0v) is 14.5. The fraction of sp³-hybridized carbons (Fsp3) is 0.214. The zero-order valence-electron chi connectivity index (χ0n) is 11.5. The van der Waals surface area contributed by atoms with Crippen molar-refractivity contribution in [3.05, 3.63) is 46.2 Å². The zero-order chi connectivity index (χ0) is 15.3. The van der Waals surface area contributed by atoms with Gasteiger partial charge in [0.1, 0.15) is 10.7 Å². The van der Waals surface area contributed by atoms with Crippen LogP contribution in [0.4, 0.5) is 11.5 Å². The van der Waals surface area contributed by atoms with E-state index in [0.29, 0.717) is 11.5 Å². The Labute approximate surface area is 138 Å². The molecule has 0 fully saturated rings. The van der Waals surface area contributed by atoms with Crippen LogP contribution in [-0.2, 0) is 10.0 Å². The van der Waals surface area contributed by atoms with Gasteiger partial charge in [0.05, 0.1) is 0 Å². The molecule has 1 aromatic heterocycles. The standard InChI is InChI=1S/C14H16IN3O2S/c1-2-8-16-14-7-6-13(10-17-14)21(19,20)18-12-5-3-4-11(15)9-12/h3-7,9-10,18H,2,8H2,1H3,(H,16,17). The number of pyridine rings is 1.